The van der Waals surface area contributed by atoms with Crippen molar-refractivity contribution in [1.82, 2.24) is 0 Å². The van der Waals surface area contributed by atoms with Gasteiger partial charge in [-0.15, -0.1) is 0 Å². The van der Waals surface area contributed by atoms with Crippen LogP contribution in [0.4, 0.5) is 4.79 Å². The number of halogens is 1. The van der Waals surface area contributed by atoms with Crippen molar-refractivity contribution < 1.29 is 9.90 Å². The zero-order valence-electron chi connectivity index (χ0n) is 1.73. The van der Waals surface area contributed by atoms with Gasteiger partial charge in [0.05, 0.1) is 0 Å². The first kappa shape index (κ1) is 9.16. The first-order valence-electron chi connectivity index (χ1n) is 0.617. The standard InChI is InChI=1S/CHClO2.In.3H/c2-1(3)4;;;;/h(H,3,4);;;;. The second-order valence-electron chi connectivity index (χ2n) is 0.253. The van der Waals surface area contributed by atoms with Gasteiger partial charge in [-0.25, -0.2) is 4.79 Å². The van der Waals surface area contributed by atoms with Gasteiger partial charge >= 0.3 is 31.3 Å². The van der Waals surface area contributed by atoms with Crippen LogP contribution in [0.15, 0.2) is 0 Å². The zero-order valence-corrected chi connectivity index (χ0v) is 2.49. The monoisotopic (exact) mass is 198 g/mol. The minimum atomic E-state index is -1.36. The van der Waals surface area contributed by atoms with Gasteiger partial charge in [0.2, 0.25) is 0 Å². The summed E-state index contributed by atoms with van der Waals surface area (Å²) in [4.78, 5) is 8.77. The molecule has 0 saturated heterocycles. The summed E-state index contributed by atoms with van der Waals surface area (Å²) in [6.45, 7) is 0. The van der Waals surface area contributed by atoms with Crippen molar-refractivity contribution in [2.24, 2.45) is 0 Å². The van der Waals surface area contributed by atoms with E-state index in [0.717, 1.165) is 0 Å². The van der Waals surface area contributed by atoms with Crippen LogP contribution in [0.3, 0.4) is 0 Å². The van der Waals surface area contributed by atoms with Crippen molar-refractivity contribution in [3.8, 4) is 0 Å². The number of hydrogen-bond donors (Lipinski definition) is 1. The molecule has 0 amide bonds. The third-order valence-electron chi connectivity index (χ3n) is 0. The van der Waals surface area contributed by atoms with Crippen molar-refractivity contribution in [3.63, 3.8) is 0 Å². The normalized spacial score (nSPS) is 5.00. The molecular weight excluding hydrogens is 194 g/mol. The molecule has 0 atom stereocenters. The minimum absolute atomic E-state index is 0. The summed E-state index contributed by atoms with van der Waals surface area (Å²) >= 11 is 4.19. The van der Waals surface area contributed by atoms with Crippen molar-refractivity contribution in [1.29, 1.82) is 0 Å². The molecule has 0 aliphatic heterocycles. The Balaban J connectivity index is 0. The third kappa shape index (κ3) is 80.7. The van der Waals surface area contributed by atoms with Crippen LogP contribution in [-0.2, 0) is 0 Å². The molecule has 4 heteroatoms. The van der Waals surface area contributed by atoms with Crippen LogP contribution < -0.4 is 0 Å². The number of hydrogen-bond acceptors (Lipinski definition) is 1. The van der Waals surface area contributed by atoms with Gasteiger partial charge < -0.3 is 5.11 Å². The summed E-state index contributed by atoms with van der Waals surface area (Å²) in [7, 11) is 0. The van der Waals surface area contributed by atoms with Crippen LogP contribution >= 0.6 is 11.6 Å². The van der Waals surface area contributed by atoms with E-state index < -0.39 is 5.43 Å². The van der Waals surface area contributed by atoms with Crippen LogP contribution in [0.25, 0.3) is 0 Å². The van der Waals surface area contributed by atoms with Gasteiger partial charge in [0.1, 0.15) is 0 Å². The Bertz CT molecular complexity index is 32.6. The Morgan fingerprint density at radius 1 is 1.80 bits per heavy atom. The molecule has 0 bridgehead atoms. The van der Waals surface area contributed by atoms with E-state index >= 15 is 0 Å². The third-order valence-corrected chi connectivity index (χ3v) is 0. The summed E-state index contributed by atoms with van der Waals surface area (Å²) in [5, 5.41) is 7.18. The van der Waals surface area contributed by atoms with Crippen LogP contribution in [0.5, 0.6) is 0 Å². The summed E-state index contributed by atoms with van der Waals surface area (Å²) in [5.74, 6) is 0. The van der Waals surface area contributed by atoms with E-state index in [0.29, 0.717) is 0 Å². The fraction of sp³-hybridized carbons (Fsp3) is 0. The predicted molar refractivity (Wildman–Crippen MR) is 23.8 cm³/mol. The molecule has 0 aromatic heterocycles. The van der Waals surface area contributed by atoms with E-state index in [-0.39, 0.29) is 25.8 Å². The Kier molecular flexibility index (Phi) is 8.48. The Hall–Kier alpha value is 0.630. The fourth-order valence-corrected chi connectivity index (χ4v) is 0. The molecule has 0 radical (unpaired) electrons. The van der Waals surface area contributed by atoms with Gasteiger partial charge in [-0.05, 0) is 0 Å². The molecule has 0 fully saturated rings. The topological polar surface area (TPSA) is 37.3 Å². The fourth-order valence-electron chi connectivity index (χ4n) is 0. The van der Waals surface area contributed by atoms with Gasteiger partial charge in [0.15, 0.2) is 0 Å². The summed E-state index contributed by atoms with van der Waals surface area (Å²) in [6.07, 6.45) is 0. The van der Waals surface area contributed by atoms with Crippen LogP contribution in [0.2, 0.25) is 0 Å². The van der Waals surface area contributed by atoms with E-state index in [2.05, 4.69) is 11.6 Å². The summed E-state index contributed by atoms with van der Waals surface area (Å²) in [5.41, 5.74) is -1.36. The molecule has 0 aliphatic carbocycles. The van der Waals surface area contributed by atoms with Crippen LogP contribution in [0, 0.1) is 0 Å². The molecule has 5 heavy (non-hydrogen) atoms. The Morgan fingerprint density at radius 3 is 1.80 bits per heavy atom. The maximum atomic E-state index is 8.77. The van der Waals surface area contributed by atoms with E-state index in [1.807, 2.05) is 0 Å². The molecule has 0 aromatic carbocycles. The van der Waals surface area contributed by atoms with Crippen LogP contribution in [-0.4, -0.2) is 36.4 Å². The van der Waals surface area contributed by atoms with Gasteiger partial charge in [-0.1, -0.05) is 0 Å². The number of carboxylic acid groups (broad SMARTS) is 1. The van der Waals surface area contributed by atoms with Crippen LogP contribution in [0.1, 0.15) is 0 Å². The molecule has 0 spiro atoms. The quantitative estimate of drug-likeness (QED) is 0.544. The van der Waals surface area contributed by atoms with Gasteiger partial charge in [0.25, 0.3) is 0 Å². The average Bonchev–Trinajstić information content (AvgIpc) is 0.811. The molecule has 30 valence electrons. The molecule has 0 unspecified atom stereocenters. The zero-order chi connectivity index (χ0) is 3.58. The van der Waals surface area contributed by atoms with E-state index in [4.69, 9.17) is 9.90 Å². The molecule has 2 nitrogen and oxygen atoms in total. The van der Waals surface area contributed by atoms with E-state index in [9.17, 15) is 0 Å². The van der Waals surface area contributed by atoms with Gasteiger partial charge in [0, 0.05) is 11.6 Å². The molecule has 1 N–H and O–H groups in total. The van der Waals surface area contributed by atoms with Crippen molar-refractivity contribution in [3.05, 3.63) is 0 Å². The Morgan fingerprint density at radius 2 is 1.80 bits per heavy atom. The predicted octanol–water partition coefficient (Wildman–Crippen LogP) is -0.281. The van der Waals surface area contributed by atoms with E-state index in [1.165, 1.54) is 0 Å². The second kappa shape index (κ2) is 4.63. The molecule has 0 saturated carbocycles. The van der Waals surface area contributed by atoms with E-state index in [1.54, 1.807) is 0 Å². The molecule has 0 aromatic rings. The Labute approximate surface area is 52.9 Å². The summed E-state index contributed by atoms with van der Waals surface area (Å²) in [6, 6.07) is 0. The van der Waals surface area contributed by atoms with Crippen molar-refractivity contribution in [2.45, 2.75) is 0 Å². The molecule has 0 heterocycles. The summed E-state index contributed by atoms with van der Waals surface area (Å²) < 4.78 is 0. The second-order valence-corrected chi connectivity index (χ2v) is 0.576. The average molecular weight is 198 g/mol. The number of carbonyl (C=O) groups is 1. The maximum absolute atomic E-state index is 8.77. The van der Waals surface area contributed by atoms with Crippen molar-refractivity contribution >= 4 is 42.9 Å². The van der Waals surface area contributed by atoms with Gasteiger partial charge in [-0.3, -0.25) is 0 Å². The molecule has 0 rings (SSSR count). The molecular formula is CH4ClInO2. The number of rotatable bonds is 0. The SMILES string of the molecule is O=C(O)Cl.[InH3]. The van der Waals surface area contributed by atoms with Crippen molar-refractivity contribution in [2.75, 3.05) is 0 Å². The first-order chi connectivity index (χ1) is 1.73. The van der Waals surface area contributed by atoms with Gasteiger partial charge in [-0.2, -0.15) is 0 Å². The first-order valence-corrected chi connectivity index (χ1v) is 0.995. The molecule has 0 aliphatic rings.